The molecule has 2 N–H and O–H groups in total. The summed E-state index contributed by atoms with van der Waals surface area (Å²) >= 11 is 0. The average molecular weight is 477 g/mol. The minimum Gasteiger partial charge on any atom is -0.481 e. The molecule has 0 spiro atoms. The highest BCUT2D eigenvalue weighted by Crippen LogP contribution is 2.44. The van der Waals surface area contributed by atoms with Gasteiger partial charge in [-0.3, -0.25) is 9.59 Å². The van der Waals surface area contributed by atoms with E-state index in [4.69, 9.17) is 9.84 Å². The fourth-order valence-electron chi connectivity index (χ4n) is 6.07. The number of rotatable bonds is 6. The van der Waals surface area contributed by atoms with Gasteiger partial charge in [-0.05, 0) is 47.4 Å². The van der Waals surface area contributed by atoms with Crippen LogP contribution in [0.4, 0.5) is 4.79 Å². The van der Waals surface area contributed by atoms with E-state index in [2.05, 4.69) is 29.6 Å². The Morgan fingerprint density at radius 1 is 0.943 bits per heavy atom. The van der Waals surface area contributed by atoms with Crippen LogP contribution in [0.15, 0.2) is 48.5 Å². The number of carbonyl (C=O) groups is 3. The Morgan fingerprint density at radius 2 is 1.60 bits per heavy atom. The van der Waals surface area contributed by atoms with Crippen molar-refractivity contribution in [3.63, 3.8) is 0 Å². The van der Waals surface area contributed by atoms with Crippen LogP contribution in [0.2, 0.25) is 0 Å². The number of alkyl carbamates (subject to hydrolysis) is 1. The van der Waals surface area contributed by atoms with Crippen molar-refractivity contribution < 1.29 is 24.2 Å². The number of carboxylic acid groups (broad SMARTS) is 1. The molecule has 5 rings (SSSR count). The summed E-state index contributed by atoms with van der Waals surface area (Å²) in [6.45, 7) is 1.32. The van der Waals surface area contributed by atoms with E-state index in [9.17, 15) is 14.4 Å². The summed E-state index contributed by atoms with van der Waals surface area (Å²) in [4.78, 5) is 38.9. The molecule has 1 saturated carbocycles. The van der Waals surface area contributed by atoms with E-state index in [-0.39, 0.29) is 42.7 Å². The number of hydrogen-bond acceptors (Lipinski definition) is 4. The van der Waals surface area contributed by atoms with Gasteiger partial charge < -0.3 is 20.1 Å². The van der Waals surface area contributed by atoms with Gasteiger partial charge in [-0.25, -0.2) is 4.79 Å². The van der Waals surface area contributed by atoms with Crippen LogP contribution >= 0.6 is 0 Å². The van der Waals surface area contributed by atoms with Gasteiger partial charge in [0.25, 0.3) is 0 Å². The molecule has 0 aromatic heterocycles. The Labute approximate surface area is 205 Å². The smallest absolute Gasteiger partial charge is 0.407 e. The maximum Gasteiger partial charge on any atom is 0.407 e. The summed E-state index contributed by atoms with van der Waals surface area (Å²) in [5, 5.41) is 12.0. The molecule has 1 heterocycles. The van der Waals surface area contributed by atoms with Crippen molar-refractivity contribution in [2.24, 2.45) is 11.8 Å². The summed E-state index contributed by atoms with van der Waals surface area (Å²) in [6.07, 6.45) is 3.71. The molecular weight excluding hydrogens is 444 g/mol. The molecule has 7 heteroatoms. The molecule has 1 aliphatic heterocycles. The highest BCUT2D eigenvalue weighted by molar-refractivity contribution is 5.81. The van der Waals surface area contributed by atoms with E-state index >= 15 is 0 Å². The lowest BCUT2D eigenvalue weighted by atomic mass is 9.83. The number of amides is 2. The van der Waals surface area contributed by atoms with Crippen molar-refractivity contribution in [3.05, 3.63) is 59.7 Å². The zero-order chi connectivity index (χ0) is 24.4. The lowest BCUT2D eigenvalue weighted by molar-refractivity contribution is -0.139. The molecule has 0 radical (unpaired) electrons. The number of nitrogens with one attached hydrogen (secondary N) is 1. The predicted octanol–water partition coefficient (Wildman–Crippen LogP) is 4.41. The maximum absolute atomic E-state index is 13.3. The molecular formula is C28H32N2O5. The number of benzene rings is 2. The topological polar surface area (TPSA) is 95.9 Å². The quantitative estimate of drug-likeness (QED) is 0.644. The summed E-state index contributed by atoms with van der Waals surface area (Å²) < 4.78 is 5.72. The van der Waals surface area contributed by atoms with E-state index in [1.165, 1.54) is 11.1 Å². The second kappa shape index (κ2) is 10.1. The van der Waals surface area contributed by atoms with Crippen LogP contribution in [-0.4, -0.2) is 53.7 Å². The monoisotopic (exact) mass is 476 g/mol. The van der Waals surface area contributed by atoms with E-state index in [0.717, 1.165) is 43.2 Å². The zero-order valence-electron chi connectivity index (χ0n) is 19.8. The Hall–Kier alpha value is -3.35. The number of likely N-dealkylation sites (tertiary alicyclic amines) is 1. The summed E-state index contributed by atoms with van der Waals surface area (Å²) in [7, 11) is 0. The van der Waals surface area contributed by atoms with Crippen LogP contribution in [0, 0.1) is 11.8 Å². The number of aliphatic carboxylic acids is 1. The van der Waals surface area contributed by atoms with Gasteiger partial charge >= 0.3 is 12.1 Å². The maximum atomic E-state index is 13.3. The van der Waals surface area contributed by atoms with Crippen LogP contribution in [0.5, 0.6) is 0 Å². The molecule has 2 amide bonds. The van der Waals surface area contributed by atoms with Crippen molar-refractivity contribution in [1.82, 2.24) is 10.2 Å². The lowest BCUT2D eigenvalue weighted by Gasteiger charge is -2.33. The fourth-order valence-corrected chi connectivity index (χ4v) is 6.07. The van der Waals surface area contributed by atoms with Gasteiger partial charge in [0.05, 0.1) is 5.92 Å². The second-order valence-electron chi connectivity index (χ2n) is 10.0. The molecule has 1 unspecified atom stereocenters. The molecule has 184 valence electrons. The van der Waals surface area contributed by atoms with Gasteiger partial charge in [-0.15, -0.1) is 0 Å². The second-order valence-corrected chi connectivity index (χ2v) is 10.0. The average Bonchev–Trinajstić information content (AvgIpc) is 3.45. The number of carboxylic acids is 1. The minimum atomic E-state index is -0.822. The Bertz CT molecular complexity index is 1070. The third-order valence-corrected chi connectivity index (χ3v) is 7.79. The van der Waals surface area contributed by atoms with Gasteiger partial charge in [-0.1, -0.05) is 61.4 Å². The molecule has 3 aliphatic rings. The molecule has 2 fully saturated rings. The molecule has 35 heavy (non-hydrogen) atoms. The normalized spacial score (nSPS) is 23.4. The van der Waals surface area contributed by atoms with Gasteiger partial charge in [0, 0.05) is 31.5 Å². The first-order chi connectivity index (χ1) is 17.0. The first-order valence-corrected chi connectivity index (χ1v) is 12.6. The number of nitrogens with zero attached hydrogens (tertiary/aromatic N) is 1. The van der Waals surface area contributed by atoms with Crippen molar-refractivity contribution in [2.45, 2.75) is 50.5 Å². The van der Waals surface area contributed by atoms with E-state index in [1.54, 1.807) is 4.90 Å². The number of fused-ring (bicyclic) bond motifs is 3. The van der Waals surface area contributed by atoms with Gasteiger partial charge in [-0.2, -0.15) is 0 Å². The van der Waals surface area contributed by atoms with Crippen LogP contribution in [0.25, 0.3) is 11.1 Å². The molecule has 1 saturated heterocycles. The summed E-state index contributed by atoms with van der Waals surface area (Å²) in [6, 6.07) is 16.2. The number of carbonyl (C=O) groups excluding carboxylic acids is 2. The van der Waals surface area contributed by atoms with Gasteiger partial charge in [0.2, 0.25) is 5.91 Å². The highest BCUT2D eigenvalue weighted by atomic mass is 16.5. The minimum absolute atomic E-state index is 0.00676. The van der Waals surface area contributed by atoms with Crippen molar-refractivity contribution in [2.75, 3.05) is 19.7 Å². The van der Waals surface area contributed by atoms with E-state index in [0.29, 0.717) is 13.1 Å². The van der Waals surface area contributed by atoms with Crippen LogP contribution < -0.4 is 5.32 Å². The first-order valence-electron chi connectivity index (χ1n) is 12.6. The van der Waals surface area contributed by atoms with Crippen molar-refractivity contribution in [3.8, 4) is 11.1 Å². The first kappa shape index (κ1) is 23.4. The summed E-state index contributed by atoms with van der Waals surface area (Å²) in [5.74, 6) is -1.08. The number of ether oxygens (including phenoxy) is 1. The molecule has 2 aromatic carbocycles. The predicted molar refractivity (Wildman–Crippen MR) is 131 cm³/mol. The highest BCUT2D eigenvalue weighted by Gasteiger charge is 2.38. The molecule has 3 atom stereocenters. The molecule has 0 bridgehead atoms. The third kappa shape index (κ3) is 4.90. The molecule has 2 aromatic rings. The van der Waals surface area contributed by atoms with E-state index in [1.807, 2.05) is 24.3 Å². The third-order valence-electron chi connectivity index (χ3n) is 7.79. The lowest BCUT2D eigenvalue weighted by Crippen LogP contribution is -2.49. The molecule has 2 aliphatic carbocycles. The fraction of sp³-hybridized carbons (Fsp3) is 0.464. The van der Waals surface area contributed by atoms with Crippen LogP contribution in [-0.2, 0) is 14.3 Å². The SMILES string of the molecule is O=C(O)CC1CCN(C(=O)[C@H]2CCCC[C@H]2NC(=O)OCC2c3ccccc3-c3ccccc32)C1. The standard InChI is InChI=1S/C28H32N2O5/c31-26(32)15-18-13-14-30(16-18)27(33)23-11-5-6-12-25(23)29-28(34)35-17-24-21-9-3-1-7-19(21)20-8-2-4-10-22(20)24/h1-4,7-10,18,23-25H,5-6,11-17H2,(H,29,34)(H,31,32)/t18?,23-,25+/m0/s1. The van der Waals surface area contributed by atoms with Gasteiger partial charge in [0.1, 0.15) is 6.61 Å². The van der Waals surface area contributed by atoms with Crippen LogP contribution in [0.3, 0.4) is 0 Å². The van der Waals surface area contributed by atoms with E-state index < -0.39 is 12.1 Å². The zero-order valence-corrected chi connectivity index (χ0v) is 19.8. The Kier molecular flexibility index (Phi) is 6.75. The largest absolute Gasteiger partial charge is 0.481 e. The Morgan fingerprint density at radius 3 is 2.29 bits per heavy atom. The Balaban J connectivity index is 1.20. The molecule has 7 nitrogen and oxygen atoms in total. The van der Waals surface area contributed by atoms with Crippen LogP contribution in [0.1, 0.15) is 55.6 Å². The van der Waals surface area contributed by atoms with Gasteiger partial charge in [0.15, 0.2) is 0 Å². The summed E-state index contributed by atoms with van der Waals surface area (Å²) in [5.41, 5.74) is 4.69. The van der Waals surface area contributed by atoms with Crippen molar-refractivity contribution in [1.29, 1.82) is 0 Å². The number of hydrogen-bond donors (Lipinski definition) is 2. The van der Waals surface area contributed by atoms with Crippen molar-refractivity contribution >= 4 is 18.0 Å².